The number of hydrogen-bond acceptors (Lipinski definition) is 6. The SMILES string of the molecule is CC(=O)c1cc2c(cc1NC(=O)CN1CCNCC1)OCO2. The molecular weight excluding hydrogens is 286 g/mol. The van der Waals surface area contributed by atoms with Gasteiger partial charge in [-0.3, -0.25) is 14.5 Å². The Morgan fingerprint density at radius 3 is 2.59 bits per heavy atom. The molecule has 118 valence electrons. The molecule has 0 spiro atoms. The van der Waals surface area contributed by atoms with Gasteiger partial charge in [-0.25, -0.2) is 0 Å². The first-order chi connectivity index (χ1) is 10.6. The molecule has 7 nitrogen and oxygen atoms in total. The van der Waals surface area contributed by atoms with Crippen LogP contribution in [0.2, 0.25) is 0 Å². The first-order valence-corrected chi connectivity index (χ1v) is 7.31. The van der Waals surface area contributed by atoms with Gasteiger partial charge in [0.15, 0.2) is 17.3 Å². The largest absolute Gasteiger partial charge is 0.454 e. The Labute approximate surface area is 128 Å². The number of ketones is 1. The van der Waals surface area contributed by atoms with Crippen LogP contribution in [0.25, 0.3) is 0 Å². The standard InChI is InChI=1S/C15H19N3O4/c1-10(19)11-6-13-14(22-9-21-13)7-12(11)17-15(20)8-18-4-2-16-3-5-18/h6-7,16H,2-5,8-9H2,1H3,(H,17,20). The lowest BCUT2D eigenvalue weighted by atomic mass is 10.1. The van der Waals surface area contributed by atoms with Gasteiger partial charge in [-0.15, -0.1) is 0 Å². The zero-order valence-corrected chi connectivity index (χ0v) is 12.5. The predicted molar refractivity (Wildman–Crippen MR) is 80.5 cm³/mol. The van der Waals surface area contributed by atoms with Crippen LogP contribution in [-0.2, 0) is 4.79 Å². The fourth-order valence-electron chi connectivity index (χ4n) is 2.60. The number of nitrogens with zero attached hydrogens (tertiary/aromatic N) is 1. The third kappa shape index (κ3) is 3.20. The molecule has 0 aliphatic carbocycles. The van der Waals surface area contributed by atoms with Crippen molar-refractivity contribution in [2.45, 2.75) is 6.92 Å². The minimum atomic E-state index is -0.136. The Morgan fingerprint density at radius 1 is 1.23 bits per heavy atom. The van der Waals surface area contributed by atoms with E-state index < -0.39 is 0 Å². The van der Waals surface area contributed by atoms with Crippen LogP contribution < -0.4 is 20.1 Å². The Kier molecular flexibility index (Phi) is 4.26. The summed E-state index contributed by atoms with van der Waals surface area (Å²) in [5.74, 6) is 0.812. The summed E-state index contributed by atoms with van der Waals surface area (Å²) in [5, 5.41) is 6.05. The van der Waals surface area contributed by atoms with Gasteiger partial charge in [-0.05, 0) is 13.0 Å². The minimum Gasteiger partial charge on any atom is -0.454 e. The fraction of sp³-hybridized carbons (Fsp3) is 0.467. The van der Waals surface area contributed by atoms with Gasteiger partial charge in [-0.1, -0.05) is 0 Å². The van der Waals surface area contributed by atoms with Crippen molar-refractivity contribution in [2.75, 3.05) is 44.8 Å². The molecule has 1 fully saturated rings. The maximum Gasteiger partial charge on any atom is 0.238 e. The molecule has 22 heavy (non-hydrogen) atoms. The lowest BCUT2D eigenvalue weighted by Crippen LogP contribution is -2.46. The molecule has 1 aromatic rings. The van der Waals surface area contributed by atoms with Crippen molar-refractivity contribution in [2.24, 2.45) is 0 Å². The van der Waals surface area contributed by atoms with E-state index in [1.54, 1.807) is 12.1 Å². The van der Waals surface area contributed by atoms with E-state index in [1.807, 2.05) is 0 Å². The van der Waals surface area contributed by atoms with Crippen molar-refractivity contribution in [3.8, 4) is 11.5 Å². The molecular formula is C15H19N3O4. The molecule has 0 atom stereocenters. The quantitative estimate of drug-likeness (QED) is 0.787. The molecule has 1 amide bonds. The van der Waals surface area contributed by atoms with Gasteiger partial charge < -0.3 is 20.1 Å². The summed E-state index contributed by atoms with van der Waals surface area (Å²) in [4.78, 5) is 26.0. The average Bonchev–Trinajstić information content (AvgIpc) is 2.94. The predicted octanol–water partition coefficient (Wildman–Crippen LogP) is 0.462. The monoisotopic (exact) mass is 305 g/mol. The van der Waals surface area contributed by atoms with Crippen molar-refractivity contribution in [1.82, 2.24) is 10.2 Å². The van der Waals surface area contributed by atoms with E-state index in [0.717, 1.165) is 26.2 Å². The number of amides is 1. The Morgan fingerprint density at radius 2 is 1.91 bits per heavy atom. The van der Waals surface area contributed by atoms with Crippen molar-refractivity contribution >= 4 is 17.4 Å². The number of carbonyl (C=O) groups excluding carboxylic acids is 2. The molecule has 0 aromatic heterocycles. The molecule has 1 saturated heterocycles. The Bertz CT molecular complexity index is 597. The summed E-state index contributed by atoms with van der Waals surface area (Å²) in [5.41, 5.74) is 0.898. The second-order valence-electron chi connectivity index (χ2n) is 5.38. The first-order valence-electron chi connectivity index (χ1n) is 7.31. The average molecular weight is 305 g/mol. The van der Waals surface area contributed by atoms with E-state index in [2.05, 4.69) is 15.5 Å². The third-order valence-corrected chi connectivity index (χ3v) is 3.74. The van der Waals surface area contributed by atoms with Crippen molar-refractivity contribution < 1.29 is 19.1 Å². The Hall–Kier alpha value is -2.12. The summed E-state index contributed by atoms with van der Waals surface area (Å²) in [6.07, 6.45) is 0. The molecule has 0 bridgehead atoms. The fourth-order valence-corrected chi connectivity index (χ4v) is 2.60. The van der Waals surface area contributed by atoms with Crippen molar-refractivity contribution in [1.29, 1.82) is 0 Å². The van der Waals surface area contributed by atoms with Crippen molar-refractivity contribution in [3.05, 3.63) is 17.7 Å². The molecule has 3 rings (SSSR count). The molecule has 2 N–H and O–H groups in total. The molecule has 0 radical (unpaired) electrons. The third-order valence-electron chi connectivity index (χ3n) is 3.74. The number of fused-ring (bicyclic) bond motifs is 1. The molecule has 2 aliphatic rings. The topological polar surface area (TPSA) is 79.9 Å². The summed E-state index contributed by atoms with van der Waals surface area (Å²) in [6, 6.07) is 3.26. The number of nitrogens with one attached hydrogen (secondary N) is 2. The van der Waals surface area contributed by atoms with Crippen LogP contribution in [0.15, 0.2) is 12.1 Å². The number of Topliss-reactive ketones (excluding diaryl/α,β-unsaturated/α-hetero) is 1. The first kappa shape index (κ1) is 14.8. The van der Waals surface area contributed by atoms with Gasteiger partial charge in [0, 0.05) is 37.8 Å². The number of ether oxygens (including phenoxy) is 2. The maximum absolute atomic E-state index is 12.2. The highest BCUT2D eigenvalue weighted by Gasteiger charge is 2.21. The van der Waals surface area contributed by atoms with E-state index in [4.69, 9.17) is 9.47 Å². The van der Waals surface area contributed by atoms with Gasteiger partial charge in [0.25, 0.3) is 0 Å². The van der Waals surface area contributed by atoms with Crippen molar-refractivity contribution in [3.63, 3.8) is 0 Å². The lowest BCUT2D eigenvalue weighted by Gasteiger charge is -2.26. The van der Waals surface area contributed by atoms with Gasteiger partial charge in [0.2, 0.25) is 12.7 Å². The highest BCUT2D eigenvalue weighted by atomic mass is 16.7. The zero-order chi connectivity index (χ0) is 15.5. The van der Waals surface area contributed by atoms with Gasteiger partial charge in [-0.2, -0.15) is 0 Å². The lowest BCUT2D eigenvalue weighted by molar-refractivity contribution is -0.117. The number of rotatable bonds is 4. The van der Waals surface area contributed by atoms with E-state index in [0.29, 0.717) is 29.3 Å². The van der Waals surface area contributed by atoms with Gasteiger partial charge in [0.05, 0.1) is 12.2 Å². The highest BCUT2D eigenvalue weighted by molar-refractivity contribution is 6.05. The van der Waals surface area contributed by atoms with Crippen LogP contribution in [0.1, 0.15) is 17.3 Å². The van der Waals surface area contributed by atoms with E-state index in [1.165, 1.54) is 6.92 Å². The van der Waals surface area contributed by atoms with Crippen LogP contribution in [0, 0.1) is 0 Å². The molecule has 2 aliphatic heterocycles. The van der Waals surface area contributed by atoms with Crippen LogP contribution in [0.3, 0.4) is 0 Å². The summed E-state index contributed by atoms with van der Waals surface area (Å²) in [6.45, 7) is 5.36. The highest BCUT2D eigenvalue weighted by Crippen LogP contribution is 2.37. The molecule has 2 heterocycles. The number of benzene rings is 1. The molecule has 0 unspecified atom stereocenters. The maximum atomic E-state index is 12.2. The van der Waals surface area contributed by atoms with E-state index in [-0.39, 0.29) is 18.5 Å². The van der Waals surface area contributed by atoms with Crippen LogP contribution in [0.5, 0.6) is 11.5 Å². The van der Waals surface area contributed by atoms with Gasteiger partial charge in [0.1, 0.15) is 0 Å². The van der Waals surface area contributed by atoms with Crippen LogP contribution in [-0.4, -0.2) is 56.1 Å². The second kappa shape index (κ2) is 6.33. The van der Waals surface area contributed by atoms with Crippen LogP contribution in [0.4, 0.5) is 5.69 Å². The second-order valence-corrected chi connectivity index (χ2v) is 5.38. The van der Waals surface area contributed by atoms with E-state index in [9.17, 15) is 9.59 Å². The summed E-state index contributed by atoms with van der Waals surface area (Å²) >= 11 is 0. The normalized spacial score (nSPS) is 17.3. The van der Waals surface area contributed by atoms with E-state index >= 15 is 0 Å². The molecule has 7 heteroatoms. The summed E-state index contributed by atoms with van der Waals surface area (Å²) < 4.78 is 10.6. The minimum absolute atomic E-state index is 0.129. The number of hydrogen-bond donors (Lipinski definition) is 2. The smallest absolute Gasteiger partial charge is 0.238 e. The number of piperazine rings is 1. The molecule has 0 saturated carbocycles. The number of anilines is 1. The number of carbonyl (C=O) groups is 2. The summed E-state index contributed by atoms with van der Waals surface area (Å²) in [7, 11) is 0. The zero-order valence-electron chi connectivity index (χ0n) is 12.5. The van der Waals surface area contributed by atoms with Crippen LogP contribution >= 0.6 is 0 Å². The molecule has 1 aromatic carbocycles. The Balaban J connectivity index is 1.73. The van der Waals surface area contributed by atoms with Gasteiger partial charge >= 0.3 is 0 Å².